The molecule has 0 saturated heterocycles. The summed E-state index contributed by atoms with van der Waals surface area (Å²) in [5, 5.41) is 3.41. The molecule has 0 spiro atoms. The maximum absolute atomic E-state index is 5.83. The highest BCUT2D eigenvalue weighted by molar-refractivity contribution is 5.55. The second kappa shape index (κ2) is 4.68. The molecule has 4 nitrogen and oxygen atoms in total. The summed E-state index contributed by atoms with van der Waals surface area (Å²) >= 11 is 0. The van der Waals surface area contributed by atoms with Gasteiger partial charge in [0, 0.05) is 11.6 Å². The number of aromatic nitrogens is 2. The van der Waals surface area contributed by atoms with E-state index in [0.717, 1.165) is 17.8 Å². The van der Waals surface area contributed by atoms with E-state index in [9.17, 15) is 0 Å². The Morgan fingerprint density at radius 1 is 1.38 bits per heavy atom. The largest absolute Gasteiger partial charge is 0.383 e. The van der Waals surface area contributed by atoms with Gasteiger partial charge in [0.1, 0.15) is 18.0 Å². The Morgan fingerprint density at radius 2 is 2.00 bits per heavy atom. The zero-order chi connectivity index (χ0) is 12.3. The fourth-order valence-electron chi connectivity index (χ4n) is 1.32. The molecule has 1 heterocycles. The predicted octanol–water partition coefficient (Wildman–Crippen LogP) is 2.47. The van der Waals surface area contributed by atoms with E-state index in [0.29, 0.717) is 11.9 Å². The van der Waals surface area contributed by atoms with E-state index >= 15 is 0 Å². The lowest BCUT2D eigenvalue weighted by Gasteiger charge is -2.29. The number of nitrogen functional groups attached to an aromatic ring is 1. The van der Waals surface area contributed by atoms with Crippen molar-refractivity contribution in [1.29, 1.82) is 0 Å². The zero-order valence-electron chi connectivity index (χ0n) is 10.8. The summed E-state index contributed by atoms with van der Waals surface area (Å²) < 4.78 is 0. The van der Waals surface area contributed by atoms with Gasteiger partial charge in [-0.3, -0.25) is 0 Å². The number of anilines is 2. The minimum atomic E-state index is 0.185. The van der Waals surface area contributed by atoms with E-state index in [1.165, 1.54) is 6.33 Å². The van der Waals surface area contributed by atoms with Crippen LogP contribution in [0.25, 0.3) is 0 Å². The summed E-state index contributed by atoms with van der Waals surface area (Å²) in [6.45, 7) is 10.8. The van der Waals surface area contributed by atoms with Crippen molar-refractivity contribution in [3.05, 3.63) is 11.9 Å². The van der Waals surface area contributed by atoms with E-state index < -0.39 is 0 Å². The summed E-state index contributed by atoms with van der Waals surface area (Å²) in [5.41, 5.74) is 7.01. The number of nitrogens with one attached hydrogen (secondary N) is 1. The topological polar surface area (TPSA) is 63.8 Å². The van der Waals surface area contributed by atoms with Crippen molar-refractivity contribution in [3.8, 4) is 0 Å². The number of nitrogens with zero attached hydrogens (tertiary/aromatic N) is 2. The van der Waals surface area contributed by atoms with Gasteiger partial charge >= 0.3 is 0 Å². The van der Waals surface area contributed by atoms with Gasteiger partial charge in [0.15, 0.2) is 0 Å². The van der Waals surface area contributed by atoms with Crippen LogP contribution in [0, 0.1) is 5.41 Å². The third kappa shape index (κ3) is 2.84. The minimum absolute atomic E-state index is 0.185. The Bertz CT molecular complexity index is 355. The van der Waals surface area contributed by atoms with Crippen LogP contribution < -0.4 is 11.1 Å². The predicted molar refractivity (Wildman–Crippen MR) is 68.4 cm³/mol. The maximum Gasteiger partial charge on any atom is 0.134 e. The molecule has 1 rings (SSSR count). The average Bonchev–Trinajstić information content (AvgIpc) is 2.16. The van der Waals surface area contributed by atoms with Crippen molar-refractivity contribution in [2.45, 2.75) is 47.1 Å². The van der Waals surface area contributed by atoms with Crippen LogP contribution in [0.1, 0.15) is 40.2 Å². The summed E-state index contributed by atoms with van der Waals surface area (Å²) in [6.07, 6.45) is 2.35. The Morgan fingerprint density at radius 3 is 2.50 bits per heavy atom. The number of hydrogen-bond acceptors (Lipinski definition) is 4. The van der Waals surface area contributed by atoms with Crippen LogP contribution in [0.4, 0.5) is 11.6 Å². The summed E-state index contributed by atoms with van der Waals surface area (Å²) in [6, 6.07) is 0.326. The van der Waals surface area contributed by atoms with E-state index in [1.54, 1.807) is 0 Å². The van der Waals surface area contributed by atoms with Gasteiger partial charge in [0.2, 0.25) is 0 Å². The first-order valence-corrected chi connectivity index (χ1v) is 5.72. The molecule has 0 saturated carbocycles. The molecule has 1 aromatic rings. The lowest BCUT2D eigenvalue weighted by Crippen LogP contribution is -2.31. The van der Waals surface area contributed by atoms with Crippen LogP contribution in [-0.4, -0.2) is 16.0 Å². The Hall–Kier alpha value is -1.32. The molecule has 4 heteroatoms. The van der Waals surface area contributed by atoms with Crippen LogP contribution >= 0.6 is 0 Å². The molecule has 1 atom stereocenters. The van der Waals surface area contributed by atoms with Gasteiger partial charge < -0.3 is 11.1 Å². The van der Waals surface area contributed by atoms with E-state index in [2.05, 4.69) is 49.9 Å². The number of hydrogen-bond donors (Lipinski definition) is 2. The van der Waals surface area contributed by atoms with Gasteiger partial charge in [0.25, 0.3) is 0 Å². The molecule has 1 unspecified atom stereocenters. The van der Waals surface area contributed by atoms with Gasteiger partial charge in [-0.05, 0) is 18.8 Å². The fraction of sp³-hybridized carbons (Fsp3) is 0.667. The monoisotopic (exact) mass is 222 g/mol. The maximum atomic E-state index is 5.83. The van der Waals surface area contributed by atoms with Crippen LogP contribution in [0.3, 0.4) is 0 Å². The second-order valence-corrected chi connectivity index (χ2v) is 5.17. The van der Waals surface area contributed by atoms with Crippen LogP contribution in [0.5, 0.6) is 0 Å². The van der Waals surface area contributed by atoms with E-state index in [1.807, 2.05) is 0 Å². The average molecular weight is 222 g/mol. The smallest absolute Gasteiger partial charge is 0.134 e. The molecule has 0 aromatic carbocycles. The minimum Gasteiger partial charge on any atom is -0.383 e. The van der Waals surface area contributed by atoms with Gasteiger partial charge in [0.05, 0.1) is 0 Å². The summed E-state index contributed by atoms with van der Waals surface area (Å²) in [5.74, 6) is 1.43. The first kappa shape index (κ1) is 12.7. The molecule has 0 bridgehead atoms. The van der Waals surface area contributed by atoms with Crippen molar-refractivity contribution in [3.63, 3.8) is 0 Å². The first-order valence-electron chi connectivity index (χ1n) is 5.72. The molecule has 0 fully saturated rings. The molecule has 0 aliphatic heterocycles. The highest BCUT2D eigenvalue weighted by atomic mass is 15.1. The highest BCUT2D eigenvalue weighted by Gasteiger charge is 2.21. The molecule has 0 aliphatic rings. The standard InChI is InChI=1S/C12H22N4/c1-6-9-10(13)14-7-15-11(9)16-8(2)12(3,4)5/h7-8H,6H2,1-5H3,(H3,13,14,15,16). The third-order valence-corrected chi connectivity index (χ3v) is 2.98. The second-order valence-electron chi connectivity index (χ2n) is 5.17. The van der Waals surface area contributed by atoms with Gasteiger partial charge in [-0.25, -0.2) is 9.97 Å². The molecule has 3 N–H and O–H groups in total. The van der Waals surface area contributed by atoms with Crippen LogP contribution in [-0.2, 0) is 6.42 Å². The first-order chi connectivity index (χ1) is 7.36. The molecule has 0 radical (unpaired) electrons. The van der Waals surface area contributed by atoms with Gasteiger partial charge in [-0.1, -0.05) is 27.7 Å². The zero-order valence-corrected chi connectivity index (χ0v) is 10.8. The summed E-state index contributed by atoms with van der Waals surface area (Å²) in [4.78, 5) is 8.27. The number of nitrogens with two attached hydrogens (primary N) is 1. The van der Waals surface area contributed by atoms with Gasteiger partial charge in [-0.2, -0.15) is 0 Å². The summed E-state index contributed by atoms with van der Waals surface area (Å²) in [7, 11) is 0. The van der Waals surface area contributed by atoms with Gasteiger partial charge in [-0.15, -0.1) is 0 Å². The lowest BCUT2D eigenvalue weighted by atomic mass is 9.88. The normalized spacial score (nSPS) is 13.6. The Kier molecular flexibility index (Phi) is 3.73. The quantitative estimate of drug-likeness (QED) is 0.824. The molecular formula is C12H22N4. The van der Waals surface area contributed by atoms with Crippen molar-refractivity contribution in [1.82, 2.24) is 9.97 Å². The SMILES string of the molecule is CCc1c(N)ncnc1NC(C)C(C)(C)C. The van der Waals surface area contributed by atoms with Crippen LogP contribution in [0.2, 0.25) is 0 Å². The highest BCUT2D eigenvalue weighted by Crippen LogP contribution is 2.25. The van der Waals surface area contributed by atoms with E-state index in [4.69, 9.17) is 5.73 Å². The Balaban J connectivity index is 2.93. The molecular weight excluding hydrogens is 200 g/mol. The van der Waals surface area contributed by atoms with Crippen molar-refractivity contribution in [2.24, 2.45) is 5.41 Å². The molecule has 1 aromatic heterocycles. The van der Waals surface area contributed by atoms with Crippen LogP contribution in [0.15, 0.2) is 6.33 Å². The molecule has 90 valence electrons. The lowest BCUT2D eigenvalue weighted by molar-refractivity contribution is 0.358. The molecule has 0 aliphatic carbocycles. The van der Waals surface area contributed by atoms with Crippen molar-refractivity contribution >= 4 is 11.6 Å². The van der Waals surface area contributed by atoms with Crippen molar-refractivity contribution in [2.75, 3.05) is 11.1 Å². The van der Waals surface area contributed by atoms with Crippen molar-refractivity contribution < 1.29 is 0 Å². The molecule has 0 amide bonds. The van der Waals surface area contributed by atoms with E-state index in [-0.39, 0.29) is 5.41 Å². The fourth-order valence-corrected chi connectivity index (χ4v) is 1.32. The Labute approximate surface area is 97.7 Å². The third-order valence-electron chi connectivity index (χ3n) is 2.98. The number of rotatable bonds is 3. The molecule has 16 heavy (non-hydrogen) atoms.